The molecule has 1 aromatic rings. The Morgan fingerprint density at radius 2 is 1.61 bits per heavy atom. The summed E-state index contributed by atoms with van der Waals surface area (Å²) in [7, 11) is 0. The zero-order chi connectivity index (χ0) is 13.2. The molecule has 1 aromatic carbocycles. The molecule has 0 radical (unpaired) electrons. The van der Waals surface area contributed by atoms with Crippen LogP contribution in [-0.2, 0) is 6.42 Å². The Kier molecular flexibility index (Phi) is 7.05. The van der Waals surface area contributed by atoms with Crippen LogP contribution >= 0.6 is 24.4 Å². The molecule has 0 saturated carbocycles. The summed E-state index contributed by atoms with van der Waals surface area (Å²) in [5, 5.41) is 7.12. The second kappa shape index (κ2) is 8.66. The van der Waals surface area contributed by atoms with Crippen molar-refractivity contribution in [2.24, 2.45) is 0 Å². The van der Waals surface area contributed by atoms with E-state index < -0.39 is 0 Å². The van der Waals surface area contributed by atoms with E-state index in [1.807, 2.05) is 25.1 Å². The van der Waals surface area contributed by atoms with Crippen LogP contribution < -0.4 is 21.5 Å². The fraction of sp³-hybridized carbons (Fsp3) is 0.333. The van der Waals surface area contributed by atoms with Crippen molar-refractivity contribution in [1.29, 1.82) is 0 Å². The molecule has 0 aliphatic heterocycles. The SMILES string of the molecule is CCNC(=S)NNC(=S)NCCc1ccccc1. The van der Waals surface area contributed by atoms with Crippen LogP contribution in [0.25, 0.3) is 0 Å². The average molecular weight is 282 g/mol. The number of hydrogen-bond donors (Lipinski definition) is 4. The van der Waals surface area contributed by atoms with E-state index in [-0.39, 0.29) is 0 Å². The van der Waals surface area contributed by atoms with Crippen molar-refractivity contribution in [3.63, 3.8) is 0 Å². The number of hydrazine groups is 1. The van der Waals surface area contributed by atoms with Crippen LogP contribution in [0.3, 0.4) is 0 Å². The van der Waals surface area contributed by atoms with Crippen molar-refractivity contribution in [2.45, 2.75) is 13.3 Å². The second-order valence-corrected chi connectivity index (χ2v) is 4.42. The van der Waals surface area contributed by atoms with E-state index in [1.165, 1.54) is 5.56 Å². The molecule has 1 rings (SSSR count). The Morgan fingerprint density at radius 3 is 2.22 bits per heavy atom. The summed E-state index contributed by atoms with van der Waals surface area (Å²) >= 11 is 10.1. The van der Waals surface area contributed by atoms with Crippen molar-refractivity contribution in [3.05, 3.63) is 35.9 Å². The number of nitrogens with one attached hydrogen (secondary N) is 4. The van der Waals surface area contributed by atoms with Gasteiger partial charge in [-0.1, -0.05) is 30.3 Å². The normalized spacial score (nSPS) is 9.39. The molecular formula is C12H18N4S2. The first kappa shape index (κ1) is 14.7. The maximum absolute atomic E-state index is 5.10. The molecule has 0 unspecified atom stereocenters. The van der Waals surface area contributed by atoms with Gasteiger partial charge in [-0.2, -0.15) is 0 Å². The van der Waals surface area contributed by atoms with Crippen LogP contribution in [0.5, 0.6) is 0 Å². The minimum Gasteiger partial charge on any atom is -0.362 e. The third-order valence-electron chi connectivity index (χ3n) is 2.17. The van der Waals surface area contributed by atoms with Gasteiger partial charge in [0.05, 0.1) is 0 Å². The van der Waals surface area contributed by atoms with Crippen molar-refractivity contribution in [1.82, 2.24) is 21.5 Å². The summed E-state index contributed by atoms with van der Waals surface area (Å²) in [6, 6.07) is 10.3. The van der Waals surface area contributed by atoms with Crippen molar-refractivity contribution < 1.29 is 0 Å². The first-order valence-electron chi connectivity index (χ1n) is 5.84. The second-order valence-electron chi connectivity index (χ2n) is 3.60. The van der Waals surface area contributed by atoms with Gasteiger partial charge >= 0.3 is 0 Å². The maximum atomic E-state index is 5.10. The molecule has 18 heavy (non-hydrogen) atoms. The lowest BCUT2D eigenvalue weighted by Crippen LogP contribution is -2.50. The summed E-state index contributed by atoms with van der Waals surface area (Å²) in [6.07, 6.45) is 0.931. The lowest BCUT2D eigenvalue weighted by atomic mass is 10.1. The average Bonchev–Trinajstić information content (AvgIpc) is 2.38. The van der Waals surface area contributed by atoms with Gasteiger partial charge < -0.3 is 10.6 Å². The summed E-state index contributed by atoms with van der Waals surface area (Å²) < 4.78 is 0. The van der Waals surface area contributed by atoms with Gasteiger partial charge in [-0.25, -0.2) is 0 Å². The van der Waals surface area contributed by atoms with Crippen LogP contribution in [0, 0.1) is 0 Å². The first-order chi connectivity index (χ1) is 8.72. The van der Waals surface area contributed by atoms with Gasteiger partial charge in [0.25, 0.3) is 0 Å². The standard InChI is InChI=1S/C12H18N4S2/c1-2-13-11(17)15-16-12(18)14-9-8-10-6-4-3-5-7-10/h3-7H,2,8-9H2,1H3,(H2,13,15,17)(H2,14,16,18). The molecule has 98 valence electrons. The van der Waals surface area contributed by atoms with Gasteiger partial charge in [-0.3, -0.25) is 10.9 Å². The fourth-order valence-electron chi connectivity index (χ4n) is 1.33. The maximum Gasteiger partial charge on any atom is 0.185 e. The summed E-state index contributed by atoms with van der Waals surface area (Å²) in [4.78, 5) is 0. The van der Waals surface area contributed by atoms with Crippen LogP contribution in [0.2, 0.25) is 0 Å². The number of hydrogen-bond acceptors (Lipinski definition) is 2. The smallest absolute Gasteiger partial charge is 0.185 e. The van der Waals surface area contributed by atoms with Crippen LogP contribution in [-0.4, -0.2) is 23.3 Å². The third-order valence-corrected chi connectivity index (χ3v) is 2.66. The zero-order valence-corrected chi connectivity index (χ0v) is 12.0. The van der Waals surface area contributed by atoms with Gasteiger partial charge in [0.15, 0.2) is 10.2 Å². The van der Waals surface area contributed by atoms with Crippen molar-refractivity contribution in [2.75, 3.05) is 13.1 Å². The molecule has 0 aliphatic rings. The molecule has 0 bridgehead atoms. The lowest BCUT2D eigenvalue weighted by molar-refractivity contribution is 0.775. The van der Waals surface area contributed by atoms with Gasteiger partial charge in [-0.05, 0) is 43.3 Å². The van der Waals surface area contributed by atoms with Crippen molar-refractivity contribution >= 4 is 34.7 Å². The highest BCUT2D eigenvalue weighted by atomic mass is 32.1. The van der Waals surface area contributed by atoms with E-state index in [1.54, 1.807) is 0 Å². The Balaban J connectivity index is 2.12. The molecular weight excluding hydrogens is 264 g/mol. The molecule has 0 aromatic heterocycles. The lowest BCUT2D eigenvalue weighted by Gasteiger charge is -2.13. The quantitative estimate of drug-likeness (QED) is 0.490. The van der Waals surface area contributed by atoms with E-state index in [4.69, 9.17) is 24.4 Å². The Labute approximate surface area is 119 Å². The molecule has 4 N–H and O–H groups in total. The predicted molar refractivity (Wildman–Crippen MR) is 83.3 cm³/mol. The molecule has 6 heteroatoms. The van der Waals surface area contributed by atoms with E-state index in [2.05, 4.69) is 33.6 Å². The molecule has 0 saturated heterocycles. The largest absolute Gasteiger partial charge is 0.362 e. The van der Waals surface area contributed by atoms with Crippen LogP contribution in [0.1, 0.15) is 12.5 Å². The third kappa shape index (κ3) is 6.36. The summed E-state index contributed by atoms with van der Waals surface area (Å²) in [5.74, 6) is 0. The number of benzene rings is 1. The fourth-order valence-corrected chi connectivity index (χ4v) is 1.68. The van der Waals surface area contributed by atoms with Gasteiger partial charge in [0, 0.05) is 13.1 Å². The Hall–Kier alpha value is -1.40. The van der Waals surface area contributed by atoms with Gasteiger partial charge in [0.1, 0.15) is 0 Å². The minimum absolute atomic E-state index is 0.532. The van der Waals surface area contributed by atoms with E-state index in [0.29, 0.717) is 10.2 Å². The highest BCUT2D eigenvalue weighted by Gasteiger charge is 1.96. The molecule has 0 spiro atoms. The van der Waals surface area contributed by atoms with Gasteiger partial charge in [0.2, 0.25) is 0 Å². The van der Waals surface area contributed by atoms with Crippen LogP contribution in [0.15, 0.2) is 30.3 Å². The predicted octanol–water partition coefficient (Wildman–Crippen LogP) is 1.09. The topological polar surface area (TPSA) is 48.1 Å². The monoisotopic (exact) mass is 282 g/mol. The zero-order valence-electron chi connectivity index (χ0n) is 10.3. The summed E-state index contributed by atoms with van der Waals surface area (Å²) in [6.45, 7) is 3.54. The minimum atomic E-state index is 0.532. The number of rotatable bonds is 4. The summed E-state index contributed by atoms with van der Waals surface area (Å²) in [5.41, 5.74) is 6.90. The highest BCUT2D eigenvalue weighted by Crippen LogP contribution is 1.97. The number of thiocarbonyl (C=S) groups is 2. The molecule has 0 fully saturated rings. The first-order valence-corrected chi connectivity index (χ1v) is 6.65. The molecule has 0 aliphatic carbocycles. The molecule has 4 nitrogen and oxygen atoms in total. The van der Waals surface area contributed by atoms with Crippen LogP contribution in [0.4, 0.5) is 0 Å². The molecule has 0 amide bonds. The Bertz CT molecular complexity index is 381. The van der Waals surface area contributed by atoms with Crippen molar-refractivity contribution in [3.8, 4) is 0 Å². The Morgan fingerprint density at radius 1 is 1.00 bits per heavy atom. The van der Waals surface area contributed by atoms with E-state index >= 15 is 0 Å². The molecule has 0 heterocycles. The van der Waals surface area contributed by atoms with Gasteiger partial charge in [-0.15, -0.1) is 0 Å². The highest BCUT2D eigenvalue weighted by molar-refractivity contribution is 7.80. The van der Waals surface area contributed by atoms with E-state index in [0.717, 1.165) is 19.5 Å². The molecule has 0 atom stereocenters. The van der Waals surface area contributed by atoms with E-state index in [9.17, 15) is 0 Å².